The summed E-state index contributed by atoms with van der Waals surface area (Å²) in [4.78, 5) is 19.6. The van der Waals surface area contributed by atoms with Gasteiger partial charge in [0.05, 0.1) is 0 Å². The molecule has 0 spiro atoms. The van der Waals surface area contributed by atoms with Crippen molar-refractivity contribution in [2.45, 2.75) is 5.88 Å². The molecule has 2 rings (SSSR count). The zero-order valence-electron chi connectivity index (χ0n) is 9.23. The van der Waals surface area contributed by atoms with Crippen molar-refractivity contribution in [1.82, 2.24) is 9.97 Å². The van der Waals surface area contributed by atoms with Crippen molar-refractivity contribution in [3.05, 3.63) is 52.8 Å². The first-order valence-corrected chi connectivity index (χ1v) is 6.05. The molecule has 1 aromatic heterocycles. The summed E-state index contributed by atoms with van der Waals surface area (Å²) in [6.45, 7) is 0. The van der Waals surface area contributed by atoms with Crippen LogP contribution in [0.3, 0.4) is 0 Å². The molecule has 0 aliphatic rings. The Morgan fingerprint density at radius 3 is 2.56 bits per heavy atom. The normalized spacial score (nSPS) is 10.1. The zero-order valence-corrected chi connectivity index (χ0v) is 10.7. The van der Waals surface area contributed by atoms with Gasteiger partial charge in [0.25, 0.3) is 5.91 Å². The number of alkyl halides is 1. The van der Waals surface area contributed by atoms with E-state index < -0.39 is 0 Å². The number of hydrogen-bond donors (Lipinski definition) is 1. The third-order valence-electron chi connectivity index (χ3n) is 2.22. The molecule has 1 N–H and O–H groups in total. The fourth-order valence-corrected chi connectivity index (χ4v) is 1.63. The molecule has 0 atom stereocenters. The molecule has 4 nitrogen and oxygen atoms in total. The van der Waals surface area contributed by atoms with Crippen LogP contribution in [0.15, 0.2) is 36.5 Å². The molecule has 1 aromatic carbocycles. The third-order valence-corrected chi connectivity index (χ3v) is 2.74. The molecule has 0 aliphatic heterocycles. The molecule has 92 valence electrons. The number of benzene rings is 1. The molecule has 0 fully saturated rings. The van der Waals surface area contributed by atoms with Crippen LogP contribution in [0.1, 0.15) is 15.9 Å². The van der Waals surface area contributed by atoms with Gasteiger partial charge in [-0.3, -0.25) is 10.1 Å². The molecular weight excluding hydrogens is 273 g/mol. The lowest BCUT2D eigenvalue weighted by Gasteiger charge is -2.04. The minimum absolute atomic E-state index is 0.175. The predicted octanol–water partition coefficient (Wildman–Crippen LogP) is 3.12. The van der Waals surface area contributed by atoms with E-state index in [1.165, 1.54) is 12.3 Å². The number of carbonyl (C=O) groups is 1. The van der Waals surface area contributed by atoms with Gasteiger partial charge < -0.3 is 0 Å². The lowest BCUT2D eigenvalue weighted by molar-refractivity contribution is 0.102. The van der Waals surface area contributed by atoms with Crippen LogP contribution in [0.5, 0.6) is 0 Å². The predicted molar refractivity (Wildman–Crippen MR) is 71.0 cm³/mol. The van der Waals surface area contributed by atoms with Gasteiger partial charge in [-0.15, -0.1) is 11.6 Å². The van der Waals surface area contributed by atoms with E-state index in [0.717, 1.165) is 5.56 Å². The van der Waals surface area contributed by atoms with Crippen molar-refractivity contribution in [1.29, 1.82) is 0 Å². The van der Waals surface area contributed by atoms with Gasteiger partial charge in [0, 0.05) is 17.6 Å². The Bertz CT molecular complexity index is 558. The van der Waals surface area contributed by atoms with Crippen molar-refractivity contribution in [3.63, 3.8) is 0 Å². The average molecular weight is 282 g/mol. The zero-order chi connectivity index (χ0) is 13.0. The molecular formula is C12H9Cl2N3O. The van der Waals surface area contributed by atoms with Gasteiger partial charge in [-0.25, -0.2) is 9.97 Å². The fraction of sp³-hybridized carbons (Fsp3) is 0.0833. The summed E-state index contributed by atoms with van der Waals surface area (Å²) in [7, 11) is 0. The van der Waals surface area contributed by atoms with Gasteiger partial charge in [0.2, 0.25) is 5.95 Å². The smallest absolute Gasteiger partial charge is 0.258 e. The van der Waals surface area contributed by atoms with Crippen LogP contribution in [0.2, 0.25) is 5.15 Å². The van der Waals surface area contributed by atoms with E-state index in [0.29, 0.717) is 11.4 Å². The molecule has 0 saturated carbocycles. The lowest BCUT2D eigenvalue weighted by atomic mass is 10.1. The first kappa shape index (κ1) is 12.8. The van der Waals surface area contributed by atoms with E-state index in [1.54, 1.807) is 24.3 Å². The summed E-state index contributed by atoms with van der Waals surface area (Å²) in [6, 6.07) is 8.50. The number of anilines is 1. The van der Waals surface area contributed by atoms with Crippen LogP contribution in [0.4, 0.5) is 5.95 Å². The highest BCUT2D eigenvalue weighted by atomic mass is 35.5. The Hall–Kier alpha value is -1.65. The molecule has 1 amide bonds. The van der Waals surface area contributed by atoms with Crippen molar-refractivity contribution >= 4 is 35.1 Å². The quantitative estimate of drug-likeness (QED) is 0.695. The van der Waals surface area contributed by atoms with Crippen LogP contribution >= 0.6 is 23.2 Å². The van der Waals surface area contributed by atoms with Crippen molar-refractivity contribution < 1.29 is 4.79 Å². The molecule has 1 heterocycles. The van der Waals surface area contributed by atoms with Crippen molar-refractivity contribution in [3.8, 4) is 0 Å². The molecule has 18 heavy (non-hydrogen) atoms. The van der Waals surface area contributed by atoms with Gasteiger partial charge >= 0.3 is 0 Å². The third kappa shape index (κ3) is 3.18. The van der Waals surface area contributed by atoms with Crippen LogP contribution < -0.4 is 5.32 Å². The van der Waals surface area contributed by atoms with Crippen molar-refractivity contribution in [2.75, 3.05) is 5.32 Å². The number of nitrogens with zero attached hydrogens (tertiary/aromatic N) is 2. The summed E-state index contributed by atoms with van der Waals surface area (Å²) in [5, 5.41) is 2.83. The van der Waals surface area contributed by atoms with Crippen molar-refractivity contribution in [2.24, 2.45) is 0 Å². The van der Waals surface area contributed by atoms with Gasteiger partial charge in [-0.1, -0.05) is 23.7 Å². The van der Waals surface area contributed by atoms with E-state index in [2.05, 4.69) is 15.3 Å². The second-order valence-corrected chi connectivity index (χ2v) is 4.14. The highest BCUT2D eigenvalue weighted by Gasteiger charge is 2.07. The lowest BCUT2D eigenvalue weighted by Crippen LogP contribution is -2.14. The Morgan fingerprint density at radius 2 is 1.94 bits per heavy atom. The summed E-state index contributed by atoms with van der Waals surface area (Å²) < 4.78 is 0. The van der Waals surface area contributed by atoms with Gasteiger partial charge in [0.15, 0.2) is 0 Å². The van der Waals surface area contributed by atoms with E-state index >= 15 is 0 Å². The van der Waals surface area contributed by atoms with Gasteiger partial charge in [-0.2, -0.15) is 0 Å². The Kier molecular flexibility index (Phi) is 4.12. The monoisotopic (exact) mass is 281 g/mol. The van der Waals surface area contributed by atoms with Crippen LogP contribution in [-0.2, 0) is 5.88 Å². The second-order valence-electron chi connectivity index (χ2n) is 3.49. The summed E-state index contributed by atoms with van der Waals surface area (Å²) in [5.74, 6) is 0.298. The Balaban J connectivity index is 2.11. The van der Waals surface area contributed by atoms with Gasteiger partial charge in [-0.05, 0) is 23.8 Å². The number of hydrogen-bond acceptors (Lipinski definition) is 3. The topological polar surface area (TPSA) is 54.9 Å². The minimum Gasteiger partial charge on any atom is -0.290 e. The molecule has 6 heteroatoms. The van der Waals surface area contributed by atoms with E-state index in [1.807, 2.05) is 0 Å². The second kappa shape index (κ2) is 5.80. The molecule has 0 saturated heterocycles. The van der Waals surface area contributed by atoms with Crippen LogP contribution in [-0.4, -0.2) is 15.9 Å². The standard InChI is InChI=1S/C12H9Cl2N3O/c13-7-8-1-3-9(4-2-8)11(18)17-12-15-6-5-10(14)16-12/h1-6H,7H2,(H,15,16,17,18). The first-order chi connectivity index (χ1) is 8.69. The minimum atomic E-state index is -0.293. The number of rotatable bonds is 3. The first-order valence-electron chi connectivity index (χ1n) is 5.14. The maximum absolute atomic E-state index is 11.9. The molecule has 0 radical (unpaired) electrons. The van der Waals surface area contributed by atoms with Crippen LogP contribution in [0.25, 0.3) is 0 Å². The number of aromatic nitrogens is 2. The molecule has 0 aliphatic carbocycles. The fourth-order valence-electron chi connectivity index (χ4n) is 1.32. The number of halogens is 2. The average Bonchev–Trinajstić information content (AvgIpc) is 2.39. The largest absolute Gasteiger partial charge is 0.290 e. The van der Waals surface area contributed by atoms with E-state index in [-0.39, 0.29) is 17.0 Å². The highest BCUT2D eigenvalue weighted by Crippen LogP contribution is 2.10. The Labute approximate surface area is 114 Å². The highest BCUT2D eigenvalue weighted by molar-refractivity contribution is 6.29. The summed E-state index contributed by atoms with van der Waals surface area (Å²) in [5.41, 5.74) is 1.46. The molecule has 0 unspecified atom stereocenters. The summed E-state index contributed by atoms with van der Waals surface area (Å²) in [6.07, 6.45) is 1.47. The number of nitrogens with one attached hydrogen (secondary N) is 1. The molecule has 0 bridgehead atoms. The van der Waals surface area contributed by atoms with Gasteiger partial charge in [0.1, 0.15) is 5.15 Å². The Morgan fingerprint density at radius 1 is 1.22 bits per heavy atom. The number of amides is 1. The molecule has 2 aromatic rings. The summed E-state index contributed by atoms with van der Waals surface area (Å²) >= 11 is 11.4. The van der Waals surface area contributed by atoms with E-state index in [9.17, 15) is 4.79 Å². The maximum atomic E-state index is 11.9. The number of carbonyl (C=O) groups excluding carboxylic acids is 1. The van der Waals surface area contributed by atoms with Crippen LogP contribution in [0, 0.1) is 0 Å². The maximum Gasteiger partial charge on any atom is 0.258 e. The SMILES string of the molecule is O=C(Nc1nccc(Cl)n1)c1ccc(CCl)cc1. The van der Waals surface area contributed by atoms with E-state index in [4.69, 9.17) is 23.2 Å².